The summed E-state index contributed by atoms with van der Waals surface area (Å²) in [6.45, 7) is 3.89. The van der Waals surface area contributed by atoms with Gasteiger partial charge in [-0.2, -0.15) is 0 Å². The van der Waals surface area contributed by atoms with Gasteiger partial charge in [0.15, 0.2) is 0 Å². The molecule has 1 aromatic heterocycles. The molecular formula is C17H21N3O3S. The molecule has 1 amide bonds. The van der Waals surface area contributed by atoms with E-state index in [0.29, 0.717) is 12.1 Å². The fourth-order valence-corrected chi connectivity index (χ4v) is 3.29. The molecular weight excluding hydrogens is 326 g/mol. The van der Waals surface area contributed by atoms with Crippen molar-refractivity contribution in [3.63, 3.8) is 0 Å². The number of pyridine rings is 1. The second kappa shape index (κ2) is 7.92. The zero-order valence-electron chi connectivity index (χ0n) is 13.7. The van der Waals surface area contributed by atoms with E-state index >= 15 is 0 Å². The summed E-state index contributed by atoms with van der Waals surface area (Å²) >= 11 is 0. The lowest BCUT2D eigenvalue weighted by atomic mass is 10.2. The van der Waals surface area contributed by atoms with Crippen molar-refractivity contribution in [1.82, 2.24) is 9.71 Å². The Hall–Kier alpha value is -2.41. The molecule has 0 spiro atoms. The Balaban J connectivity index is 2.26. The van der Waals surface area contributed by atoms with Crippen molar-refractivity contribution in [2.75, 3.05) is 5.32 Å². The van der Waals surface area contributed by atoms with Crippen molar-refractivity contribution in [2.24, 2.45) is 0 Å². The van der Waals surface area contributed by atoms with Gasteiger partial charge in [-0.1, -0.05) is 25.5 Å². The van der Waals surface area contributed by atoms with Crippen LogP contribution in [0.3, 0.4) is 0 Å². The highest BCUT2D eigenvalue weighted by molar-refractivity contribution is 7.90. The van der Waals surface area contributed by atoms with E-state index in [1.165, 1.54) is 12.4 Å². The third-order valence-electron chi connectivity index (χ3n) is 3.38. The number of carbonyl (C=O) groups excluding carboxylic acids is 1. The summed E-state index contributed by atoms with van der Waals surface area (Å²) in [5.41, 5.74) is 2.17. The van der Waals surface area contributed by atoms with E-state index in [4.69, 9.17) is 0 Å². The van der Waals surface area contributed by atoms with Gasteiger partial charge in [-0.25, -0.2) is 13.1 Å². The molecule has 0 aliphatic rings. The smallest absolute Gasteiger partial charge is 0.267 e. The van der Waals surface area contributed by atoms with Crippen LogP contribution in [0.4, 0.5) is 11.4 Å². The molecule has 1 heterocycles. The molecule has 0 aliphatic heterocycles. The molecule has 0 radical (unpaired) electrons. The van der Waals surface area contributed by atoms with E-state index < -0.39 is 15.9 Å². The van der Waals surface area contributed by atoms with E-state index in [2.05, 4.69) is 15.0 Å². The topological polar surface area (TPSA) is 88.2 Å². The summed E-state index contributed by atoms with van der Waals surface area (Å²) < 4.78 is 27.0. The van der Waals surface area contributed by atoms with Gasteiger partial charge >= 0.3 is 0 Å². The number of unbranched alkanes of at least 4 members (excludes halogenated alkanes) is 1. The summed E-state index contributed by atoms with van der Waals surface area (Å²) in [5, 5.41) is 3.07. The highest BCUT2D eigenvalue weighted by Crippen LogP contribution is 2.24. The minimum absolute atomic E-state index is 0.0589. The Labute approximate surface area is 142 Å². The molecule has 2 aromatic rings. The molecule has 2 N–H and O–H groups in total. The highest BCUT2D eigenvalue weighted by atomic mass is 32.2. The number of aryl methyl sites for hydroxylation is 1. The van der Waals surface area contributed by atoms with Crippen LogP contribution in [-0.4, -0.2) is 19.3 Å². The second-order valence-electron chi connectivity index (χ2n) is 5.50. The normalized spacial score (nSPS) is 11.1. The third kappa shape index (κ3) is 4.79. The van der Waals surface area contributed by atoms with Crippen LogP contribution < -0.4 is 10.0 Å². The molecule has 0 unspecified atom stereocenters. The predicted octanol–water partition coefficient (Wildman–Crippen LogP) is 3.13. The van der Waals surface area contributed by atoms with Gasteiger partial charge in [0.05, 0.1) is 5.69 Å². The number of hydrogen-bond donors (Lipinski definition) is 2. The standard InChI is InChI=1S/C17H21N3O3S/c1-3-4-8-17(21)20-24(22,23)16-12-18-10-9-15(16)19-14-7-5-6-13(2)11-14/h5-7,9-12H,3-4,8H2,1-2H3,(H,18,19)(H,20,21). The lowest BCUT2D eigenvalue weighted by Crippen LogP contribution is -2.30. The van der Waals surface area contributed by atoms with Crippen molar-refractivity contribution >= 4 is 27.3 Å². The molecule has 128 valence electrons. The number of nitrogens with one attached hydrogen (secondary N) is 2. The van der Waals surface area contributed by atoms with Crippen LogP contribution in [0.5, 0.6) is 0 Å². The molecule has 1 aromatic carbocycles. The molecule has 6 nitrogen and oxygen atoms in total. The van der Waals surface area contributed by atoms with Crippen LogP contribution in [0, 0.1) is 6.92 Å². The number of hydrogen-bond acceptors (Lipinski definition) is 5. The van der Waals surface area contributed by atoms with Gasteiger partial charge < -0.3 is 5.32 Å². The van der Waals surface area contributed by atoms with E-state index in [1.807, 2.05) is 38.1 Å². The SMILES string of the molecule is CCCCC(=O)NS(=O)(=O)c1cnccc1Nc1cccc(C)c1. The largest absolute Gasteiger partial charge is 0.354 e. The second-order valence-corrected chi connectivity index (χ2v) is 7.15. The van der Waals surface area contributed by atoms with Crippen LogP contribution in [0.2, 0.25) is 0 Å². The Morgan fingerprint density at radius 2 is 2.04 bits per heavy atom. The highest BCUT2D eigenvalue weighted by Gasteiger charge is 2.21. The Morgan fingerprint density at radius 3 is 2.75 bits per heavy atom. The molecule has 7 heteroatoms. The summed E-state index contributed by atoms with van der Waals surface area (Å²) in [6.07, 6.45) is 4.36. The molecule has 2 rings (SSSR count). The Morgan fingerprint density at radius 1 is 1.25 bits per heavy atom. The number of anilines is 2. The lowest BCUT2D eigenvalue weighted by molar-refractivity contribution is -0.119. The fraction of sp³-hybridized carbons (Fsp3) is 0.294. The van der Waals surface area contributed by atoms with Gasteiger partial charge in [0.2, 0.25) is 5.91 Å². The van der Waals surface area contributed by atoms with Crippen molar-refractivity contribution in [1.29, 1.82) is 0 Å². The molecule has 0 saturated carbocycles. The maximum absolute atomic E-state index is 12.5. The number of benzene rings is 1. The fourth-order valence-electron chi connectivity index (χ4n) is 2.17. The average molecular weight is 347 g/mol. The zero-order valence-corrected chi connectivity index (χ0v) is 14.6. The van der Waals surface area contributed by atoms with Gasteiger partial charge in [-0.05, 0) is 37.1 Å². The first kappa shape index (κ1) is 17.9. The summed E-state index contributed by atoms with van der Waals surface area (Å²) in [4.78, 5) is 15.6. The maximum Gasteiger partial charge on any atom is 0.267 e. The van der Waals surface area contributed by atoms with Crippen LogP contribution in [0.15, 0.2) is 47.6 Å². The lowest BCUT2D eigenvalue weighted by Gasteiger charge is -2.13. The number of amides is 1. The van der Waals surface area contributed by atoms with E-state index in [1.54, 1.807) is 6.07 Å². The maximum atomic E-state index is 12.5. The van der Waals surface area contributed by atoms with Gasteiger partial charge in [0, 0.05) is 24.5 Å². The predicted molar refractivity (Wildman–Crippen MR) is 93.6 cm³/mol. The quantitative estimate of drug-likeness (QED) is 0.803. The van der Waals surface area contributed by atoms with Crippen molar-refractivity contribution in [3.05, 3.63) is 48.3 Å². The van der Waals surface area contributed by atoms with Gasteiger partial charge in [0.25, 0.3) is 10.0 Å². The zero-order chi connectivity index (χ0) is 17.6. The van der Waals surface area contributed by atoms with E-state index in [-0.39, 0.29) is 11.3 Å². The molecule has 0 aliphatic carbocycles. The summed E-state index contributed by atoms with van der Waals surface area (Å²) in [6, 6.07) is 9.12. The number of carbonyl (C=O) groups is 1. The minimum Gasteiger partial charge on any atom is -0.354 e. The summed E-state index contributed by atoms with van der Waals surface area (Å²) in [7, 11) is -3.98. The van der Waals surface area contributed by atoms with Gasteiger partial charge in [-0.15, -0.1) is 0 Å². The molecule has 0 atom stereocenters. The van der Waals surface area contributed by atoms with Crippen LogP contribution in [0.1, 0.15) is 31.7 Å². The molecule has 0 fully saturated rings. The number of nitrogens with zero attached hydrogens (tertiary/aromatic N) is 1. The van der Waals surface area contributed by atoms with Crippen LogP contribution in [0.25, 0.3) is 0 Å². The van der Waals surface area contributed by atoms with E-state index in [9.17, 15) is 13.2 Å². The first-order chi connectivity index (χ1) is 11.4. The van der Waals surface area contributed by atoms with E-state index in [0.717, 1.165) is 17.7 Å². The molecule has 24 heavy (non-hydrogen) atoms. The van der Waals surface area contributed by atoms with Crippen LogP contribution >= 0.6 is 0 Å². The number of rotatable bonds is 7. The van der Waals surface area contributed by atoms with Crippen molar-refractivity contribution < 1.29 is 13.2 Å². The minimum atomic E-state index is -3.98. The first-order valence-corrected chi connectivity index (χ1v) is 9.24. The third-order valence-corrected chi connectivity index (χ3v) is 4.78. The number of sulfonamides is 1. The Bertz CT molecular complexity index is 819. The molecule has 0 saturated heterocycles. The van der Waals surface area contributed by atoms with Crippen LogP contribution in [-0.2, 0) is 14.8 Å². The first-order valence-electron chi connectivity index (χ1n) is 7.75. The Kier molecular flexibility index (Phi) is 5.92. The van der Waals surface area contributed by atoms with Gasteiger partial charge in [0.1, 0.15) is 4.90 Å². The average Bonchev–Trinajstić information content (AvgIpc) is 2.53. The van der Waals surface area contributed by atoms with Crippen molar-refractivity contribution in [3.8, 4) is 0 Å². The van der Waals surface area contributed by atoms with Crippen molar-refractivity contribution in [2.45, 2.75) is 38.0 Å². The number of aromatic nitrogens is 1. The molecule has 0 bridgehead atoms. The van der Waals surface area contributed by atoms with Gasteiger partial charge in [-0.3, -0.25) is 9.78 Å². The monoisotopic (exact) mass is 347 g/mol. The summed E-state index contributed by atoms with van der Waals surface area (Å²) in [5.74, 6) is -0.512.